The minimum Gasteiger partial charge on any atom is -0.376 e. The molecule has 1 aliphatic heterocycles. The fourth-order valence-electron chi connectivity index (χ4n) is 2.93. The summed E-state index contributed by atoms with van der Waals surface area (Å²) in [4.78, 5) is 9.71. The molecule has 0 saturated heterocycles. The van der Waals surface area contributed by atoms with Gasteiger partial charge in [-0.05, 0) is 37.5 Å². The number of fused-ring (bicyclic) bond motifs is 1. The molecule has 2 aromatic heterocycles. The van der Waals surface area contributed by atoms with E-state index in [9.17, 15) is 23.4 Å². The molecule has 0 bridgehead atoms. The van der Waals surface area contributed by atoms with Gasteiger partial charge in [-0.25, -0.2) is 4.98 Å². The number of alkyl halides is 3. The van der Waals surface area contributed by atoms with E-state index < -0.39 is 18.1 Å². The van der Waals surface area contributed by atoms with Gasteiger partial charge in [-0.3, -0.25) is 10.7 Å². The second-order valence-electron chi connectivity index (χ2n) is 6.45. The summed E-state index contributed by atoms with van der Waals surface area (Å²) >= 11 is 0. The summed E-state index contributed by atoms with van der Waals surface area (Å²) in [6.45, 7) is 1.27. The molecule has 0 saturated carbocycles. The number of halogens is 3. The SMILES string of the molecule is CC(O)(c1cncc(-c2cnc3c(c2)CCCN3C(N)O)c1)C(F)(F)F. The van der Waals surface area contributed by atoms with Crippen LogP contribution in [0.1, 0.15) is 24.5 Å². The number of aliphatic hydroxyl groups excluding tert-OH is 1. The Morgan fingerprint density at radius 1 is 1.19 bits per heavy atom. The first-order chi connectivity index (χ1) is 12.1. The molecule has 4 N–H and O–H groups in total. The van der Waals surface area contributed by atoms with Crippen LogP contribution >= 0.6 is 0 Å². The van der Waals surface area contributed by atoms with Crippen molar-refractivity contribution in [3.05, 3.63) is 41.9 Å². The lowest BCUT2D eigenvalue weighted by atomic mass is 9.94. The van der Waals surface area contributed by atoms with Crippen LogP contribution in [0.2, 0.25) is 0 Å². The molecule has 2 aromatic rings. The number of nitrogens with two attached hydrogens (primary N) is 1. The average Bonchev–Trinajstić information content (AvgIpc) is 2.59. The number of aliphatic hydroxyl groups is 2. The monoisotopic (exact) mass is 368 g/mol. The van der Waals surface area contributed by atoms with Crippen molar-refractivity contribution in [1.29, 1.82) is 0 Å². The summed E-state index contributed by atoms with van der Waals surface area (Å²) in [5.74, 6) is 0.557. The molecule has 3 rings (SSSR count). The van der Waals surface area contributed by atoms with Crippen LogP contribution in [-0.2, 0) is 12.0 Å². The first-order valence-electron chi connectivity index (χ1n) is 8.05. The van der Waals surface area contributed by atoms with Crippen LogP contribution in [0.5, 0.6) is 0 Å². The first-order valence-corrected chi connectivity index (χ1v) is 8.05. The van der Waals surface area contributed by atoms with Crippen LogP contribution in [0.25, 0.3) is 11.1 Å². The van der Waals surface area contributed by atoms with E-state index >= 15 is 0 Å². The Hall–Kier alpha value is -2.23. The predicted octanol–water partition coefficient (Wildman–Crippen LogP) is 1.90. The fourth-order valence-corrected chi connectivity index (χ4v) is 2.93. The number of aromatic nitrogens is 2. The quantitative estimate of drug-likeness (QED) is 0.717. The Morgan fingerprint density at radius 3 is 2.54 bits per heavy atom. The molecule has 0 spiro atoms. The highest BCUT2D eigenvalue weighted by Gasteiger charge is 2.51. The van der Waals surface area contributed by atoms with E-state index in [0.29, 0.717) is 36.8 Å². The zero-order valence-corrected chi connectivity index (χ0v) is 14.0. The summed E-state index contributed by atoms with van der Waals surface area (Å²) in [6.07, 6.45) is -0.603. The molecular weight excluding hydrogens is 349 g/mol. The third kappa shape index (κ3) is 3.25. The summed E-state index contributed by atoms with van der Waals surface area (Å²) in [6, 6.07) is 3.04. The summed E-state index contributed by atoms with van der Waals surface area (Å²) < 4.78 is 39.2. The number of nitrogens with zero attached hydrogens (tertiary/aromatic N) is 3. The molecule has 140 valence electrons. The van der Waals surface area contributed by atoms with Crippen molar-refractivity contribution in [2.75, 3.05) is 11.4 Å². The Labute approximate surface area is 148 Å². The first kappa shape index (κ1) is 18.6. The van der Waals surface area contributed by atoms with E-state index in [1.54, 1.807) is 11.0 Å². The Balaban J connectivity index is 2.00. The lowest BCUT2D eigenvalue weighted by Crippen LogP contribution is -2.45. The Morgan fingerprint density at radius 2 is 1.88 bits per heavy atom. The second kappa shape index (κ2) is 6.49. The van der Waals surface area contributed by atoms with Gasteiger partial charge in [0.25, 0.3) is 0 Å². The van der Waals surface area contributed by atoms with Crippen molar-refractivity contribution in [2.24, 2.45) is 5.73 Å². The molecular formula is C17H19F3N4O2. The lowest BCUT2D eigenvalue weighted by molar-refractivity contribution is -0.259. The second-order valence-corrected chi connectivity index (χ2v) is 6.45. The zero-order chi connectivity index (χ0) is 19.1. The molecule has 0 amide bonds. The van der Waals surface area contributed by atoms with E-state index in [1.165, 1.54) is 18.5 Å². The summed E-state index contributed by atoms with van der Waals surface area (Å²) in [5, 5.41) is 19.5. The average molecular weight is 368 g/mol. The van der Waals surface area contributed by atoms with Crippen molar-refractivity contribution < 1.29 is 23.4 Å². The summed E-state index contributed by atoms with van der Waals surface area (Å²) in [5.41, 5.74) is 4.01. The number of hydrogen-bond donors (Lipinski definition) is 3. The van der Waals surface area contributed by atoms with Crippen molar-refractivity contribution in [1.82, 2.24) is 9.97 Å². The van der Waals surface area contributed by atoms with Crippen LogP contribution in [0.15, 0.2) is 30.7 Å². The van der Waals surface area contributed by atoms with Gasteiger partial charge in [-0.2, -0.15) is 13.2 Å². The van der Waals surface area contributed by atoms with Crippen molar-refractivity contribution in [3.8, 4) is 11.1 Å². The largest absolute Gasteiger partial charge is 0.421 e. The molecule has 1 aliphatic rings. The number of aryl methyl sites for hydroxylation is 1. The highest BCUT2D eigenvalue weighted by Crippen LogP contribution is 2.39. The third-order valence-electron chi connectivity index (χ3n) is 4.57. The van der Waals surface area contributed by atoms with Crippen LogP contribution in [-0.4, -0.2) is 39.3 Å². The standard InChI is InChI=1S/C17H19F3N4O2/c1-16(26,17(18,19)20)13-6-12(7-22-9-13)11-5-10-3-2-4-24(15(21)25)14(10)23-8-11/h5-9,15,25-26H,2-4,21H2,1H3. The van der Waals surface area contributed by atoms with E-state index in [1.807, 2.05) is 0 Å². The molecule has 3 heterocycles. The van der Waals surface area contributed by atoms with Gasteiger partial charge in [0, 0.05) is 41.8 Å². The van der Waals surface area contributed by atoms with Gasteiger partial charge in [0.1, 0.15) is 5.82 Å². The van der Waals surface area contributed by atoms with Crippen LogP contribution in [0.4, 0.5) is 19.0 Å². The normalized spacial score (nSPS) is 18.2. The van der Waals surface area contributed by atoms with Crippen molar-refractivity contribution in [3.63, 3.8) is 0 Å². The molecule has 0 radical (unpaired) electrons. The number of pyridine rings is 2. The van der Waals surface area contributed by atoms with Crippen LogP contribution < -0.4 is 10.6 Å². The molecule has 26 heavy (non-hydrogen) atoms. The highest BCUT2D eigenvalue weighted by atomic mass is 19.4. The van der Waals surface area contributed by atoms with Gasteiger partial charge in [0.15, 0.2) is 12.0 Å². The molecule has 2 unspecified atom stereocenters. The molecule has 6 nitrogen and oxygen atoms in total. The van der Waals surface area contributed by atoms with Gasteiger partial charge in [-0.15, -0.1) is 0 Å². The number of hydrogen-bond acceptors (Lipinski definition) is 6. The van der Waals surface area contributed by atoms with Crippen LogP contribution in [0, 0.1) is 0 Å². The van der Waals surface area contributed by atoms with E-state index in [-0.39, 0.29) is 5.56 Å². The summed E-state index contributed by atoms with van der Waals surface area (Å²) in [7, 11) is 0. The van der Waals surface area contributed by atoms with E-state index in [2.05, 4.69) is 9.97 Å². The third-order valence-corrected chi connectivity index (χ3v) is 4.57. The number of anilines is 1. The maximum absolute atomic E-state index is 13.1. The highest BCUT2D eigenvalue weighted by molar-refractivity contribution is 5.66. The van der Waals surface area contributed by atoms with Gasteiger partial charge in [0.2, 0.25) is 0 Å². The molecule has 0 aromatic carbocycles. The smallest absolute Gasteiger partial charge is 0.376 e. The van der Waals surface area contributed by atoms with Crippen LogP contribution in [0.3, 0.4) is 0 Å². The zero-order valence-electron chi connectivity index (χ0n) is 14.0. The van der Waals surface area contributed by atoms with E-state index in [4.69, 9.17) is 5.73 Å². The Kier molecular flexibility index (Phi) is 4.63. The molecule has 0 fully saturated rings. The fraction of sp³-hybridized carbons (Fsp3) is 0.412. The van der Waals surface area contributed by atoms with Gasteiger partial charge < -0.3 is 15.1 Å². The van der Waals surface area contributed by atoms with Gasteiger partial charge >= 0.3 is 6.18 Å². The van der Waals surface area contributed by atoms with Crippen molar-refractivity contribution in [2.45, 2.75) is 37.9 Å². The minimum absolute atomic E-state index is 0.348. The molecule has 0 aliphatic carbocycles. The molecule has 9 heteroatoms. The van der Waals surface area contributed by atoms with E-state index in [0.717, 1.165) is 18.2 Å². The minimum atomic E-state index is -4.82. The maximum atomic E-state index is 13.1. The topological polar surface area (TPSA) is 95.5 Å². The van der Waals surface area contributed by atoms with Gasteiger partial charge in [-0.1, -0.05) is 0 Å². The molecule has 2 atom stereocenters. The Bertz CT molecular complexity index is 809. The lowest BCUT2D eigenvalue weighted by Gasteiger charge is -2.32. The van der Waals surface area contributed by atoms with Gasteiger partial charge in [0.05, 0.1) is 0 Å². The maximum Gasteiger partial charge on any atom is 0.421 e. The van der Waals surface area contributed by atoms with Crippen molar-refractivity contribution >= 4 is 5.82 Å². The predicted molar refractivity (Wildman–Crippen MR) is 89.0 cm³/mol. The number of rotatable bonds is 3.